The summed E-state index contributed by atoms with van der Waals surface area (Å²) in [6.45, 7) is 0.868. The number of phenols is 1. The van der Waals surface area contributed by atoms with Gasteiger partial charge in [-0.2, -0.15) is 0 Å². The number of hydrogen-bond acceptors (Lipinski definition) is 2. The Labute approximate surface area is 133 Å². The predicted octanol–water partition coefficient (Wildman–Crippen LogP) is 3.79. The molecule has 0 spiro atoms. The molecule has 0 aromatic heterocycles. The second-order valence-electron chi connectivity index (χ2n) is 5.92. The summed E-state index contributed by atoms with van der Waals surface area (Å²) in [4.78, 5) is 14.7. The van der Waals surface area contributed by atoms with E-state index >= 15 is 0 Å². The maximum atomic E-state index is 12.7. The van der Waals surface area contributed by atoms with Crippen molar-refractivity contribution in [1.82, 2.24) is 4.90 Å². The third kappa shape index (κ3) is 2.67. The van der Waals surface area contributed by atoms with Gasteiger partial charge in [0.25, 0.3) is 5.91 Å². The molecule has 1 aliphatic heterocycles. The summed E-state index contributed by atoms with van der Waals surface area (Å²) >= 11 is 2.07. The van der Waals surface area contributed by atoms with E-state index in [1.165, 1.54) is 25.7 Å². The zero-order valence-electron chi connectivity index (χ0n) is 11.5. The summed E-state index contributed by atoms with van der Waals surface area (Å²) in [6.07, 6.45) is 7.43. The molecule has 1 unspecified atom stereocenters. The fourth-order valence-electron chi connectivity index (χ4n) is 3.69. The zero-order chi connectivity index (χ0) is 14.1. The molecule has 1 N–H and O–H groups in total. The minimum atomic E-state index is 0.0890. The van der Waals surface area contributed by atoms with Gasteiger partial charge in [-0.25, -0.2) is 0 Å². The number of halogens is 1. The average molecular weight is 385 g/mol. The lowest BCUT2D eigenvalue weighted by molar-refractivity contribution is 0.0688. The minimum Gasteiger partial charge on any atom is -0.507 e. The van der Waals surface area contributed by atoms with Gasteiger partial charge in [-0.1, -0.05) is 12.8 Å². The van der Waals surface area contributed by atoms with E-state index < -0.39 is 0 Å². The Hall–Kier alpha value is -0.780. The molecule has 108 valence electrons. The van der Waals surface area contributed by atoms with Crippen LogP contribution in [0.4, 0.5) is 0 Å². The molecule has 1 saturated heterocycles. The summed E-state index contributed by atoms with van der Waals surface area (Å²) in [5.74, 6) is 0.984. The van der Waals surface area contributed by atoms with Gasteiger partial charge in [-0.15, -0.1) is 0 Å². The summed E-state index contributed by atoms with van der Waals surface area (Å²) < 4.78 is 0.785. The number of phenolic OH excluding ortho intramolecular Hbond substituents is 1. The van der Waals surface area contributed by atoms with Crippen LogP contribution in [0.3, 0.4) is 0 Å². The lowest BCUT2D eigenvalue weighted by atomic mass is 9.95. The highest BCUT2D eigenvalue weighted by molar-refractivity contribution is 14.1. The first-order valence-electron chi connectivity index (χ1n) is 7.46. The maximum Gasteiger partial charge on any atom is 0.254 e. The Morgan fingerprint density at radius 2 is 1.95 bits per heavy atom. The van der Waals surface area contributed by atoms with E-state index in [0.717, 1.165) is 23.0 Å². The highest BCUT2D eigenvalue weighted by Gasteiger charge is 2.36. The van der Waals surface area contributed by atoms with Gasteiger partial charge in [0, 0.05) is 18.2 Å². The first kappa shape index (κ1) is 14.2. The largest absolute Gasteiger partial charge is 0.507 e. The molecule has 3 nitrogen and oxygen atoms in total. The van der Waals surface area contributed by atoms with Crippen LogP contribution in [0.1, 0.15) is 48.9 Å². The first-order chi connectivity index (χ1) is 9.66. The van der Waals surface area contributed by atoms with Crippen molar-refractivity contribution in [3.8, 4) is 5.75 Å². The molecule has 2 aliphatic rings. The van der Waals surface area contributed by atoms with Crippen LogP contribution in [0.25, 0.3) is 0 Å². The van der Waals surface area contributed by atoms with Gasteiger partial charge in [0.15, 0.2) is 0 Å². The van der Waals surface area contributed by atoms with Crippen molar-refractivity contribution < 1.29 is 9.90 Å². The van der Waals surface area contributed by atoms with Crippen molar-refractivity contribution in [3.63, 3.8) is 0 Å². The van der Waals surface area contributed by atoms with E-state index in [1.807, 2.05) is 12.1 Å². The predicted molar refractivity (Wildman–Crippen MR) is 86.8 cm³/mol. The van der Waals surface area contributed by atoms with Crippen LogP contribution in [-0.2, 0) is 0 Å². The van der Waals surface area contributed by atoms with Crippen molar-refractivity contribution in [2.75, 3.05) is 6.54 Å². The summed E-state index contributed by atoms with van der Waals surface area (Å²) in [5, 5.41) is 9.79. The quantitative estimate of drug-likeness (QED) is 0.787. The molecule has 1 aromatic rings. The monoisotopic (exact) mass is 385 g/mol. The molecule has 1 saturated carbocycles. The second-order valence-corrected chi connectivity index (χ2v) is 7.08. The van der Waals surface area contributed by atoms with Crippen LogP contribution in [0, 0.1) is 9.49 Å². The second kappa shape index (κ2) is 5.92. The van der Waals surface area contributed by atoms with Gasteiger partial charge in [-0.05, 0) is 72.4 Å². The highest BCUT2D eigenvalue weighted by atomic mass is 127. The lowest BCUT2D eigenvalue weighted by Gasteiger charge is -2.29. The molecular formula is C16H20INO2. The molecule has 0 radical (unpaired) electrons. The van der Waals surface area contributed by atoms with Gasteiger partial charge >= 0.3 is 0 Å². The van der Waals surface area contributed by atoms with Crippen molar-refractivity contribution >= 4 is 28.5 Å². The fourth-order valence-corrected chi connectivity index (χ4v) is 4.02. The number of benzene rings is 1. The lowest BCUT2D eigenvalue weighted by Crippen LogP contribution is -2.39. The highest BCUT2D eigenvalue weighted by Crippen LogP contribution is 2.36. The van der Waals surface area contributed by atoms with E-state index in [-0.39, 0.29) is 11.7 Å². The van der Waals surface area contributed by atoms with E-state index in [4.69, 9.17) is 0 Å². The Morgan fingerprint density at radius 1 is 1.20 bits per heavy atom. The zero-order valence-corrected chi connectivity index (χ0v) is 13.7. The van der Waals surface area contributed by atoms with Crippen LogP contribution >= 0.6 is 22.6 Å². The van der Waals surface area contributed by atoms with Crippen LogP contribution in [0.15, 0.2) is 18.2 Å². The third-order valence-electron chi connectivity index (χ3n) is 4.70. The van der Waals surface area contributed by atoms with Crippen LogP contribution in [0.2, 0.25) is 0 Å². The molecule has 20 heavy (non-hydrogen) atoms. The number of hydrogen-bond donors (Lipinski definition) is 1. The molecule has 1 heterocycles. The minimum absolute atomic E-state index is 0.0890. The van der Waals surface area contributed by atoms with Gasteiger partial charge < -0.3 is 10.0 Å². The fraction of sp³-hybridized carbons (Fsp3) is 0.562. The van der Waals surface area contributed by atoms with Gasteiger partial charge in [-0.3, -0.25) is 4.79 Å². The maximum absolute atomic E-state index is 12.7. The van der Waals surface area contributed by atoms with Crippen LogP contribution < -0.4 is 0 Å². The van der Waals surface area contributed by atoms with Gasteiger partial charge in [0.2, 0.25) is 0 Å². The number of likely N-dealkylation sites (tertiary alicyclic amines) is 1. The Bertz CT molecular complexity index is 511. The smallest absolute Gasteiger partial charge is 0.254 e. The SMILES string of the molecule is O=C(c1ccc(I)c(O)c1)N1CCCC1C1CCCC1. The van der Waals surface area contributed by atoms with E-state index in [0.29, 0.717) is 17.5 Å². The van der Waals surface area contributed by atoms with Crippen molar-refractivity contribution in [2.45, 2.75) is 44.6 Å². The topological polar surface area (TPSA) is 40.5 Å². The molecule has 1 amide bonds. The van der Waals surface area contributed by atoms with E-state index in [9.17, 15) is 9.90 Å². The molecule has 1 aliphatic carbocycles. The van der Waals surface area contributed by atoms with Crippen molar-refractivity contribution in [2.24, 2.45) is 5.92 Å². The number of rotatable bonds is 2. The number of amides is 1. The van der Waals surface area contributed by atoms with Crippen molar-refractivity contribution in [3.05, 3.63) is 27.3 Å². The van der Waals surface area contributed by atoms with E-state index in [1.54, 1.807) is 6.07 Å². The van der Waals surface area contributed by atoms with Crippen LogP contribution in [0.5, 0.6) is 5.75 Å². The summed E-state index contributed by atoms with van der Waals surface area (Å²) in [7, 11) is 0. The normalized spacial score (nSPS) is 23.4. The number of aromatic hydroxyl groups is 1. The Morgan fingerprint density at radius 3 is 2.65 bits per heavy atom. The molecule has 4 heteroatoms. The standard InChI is InChI=1S/C16H20INO2/c17-13-8-7-12(10-15(13)19)16(20)18-9-3-6-14(18)11-4-1-2-5-11/h7-8,10-11,14,19H,1-6,9H2. The summed E-state index contributed by atoms with van der Waals surface area (Å²) in [6, 6.07) is 5.66. The van der Waals surface area contributed by atoms with Gasteiger partial charge in [0.1, 0.15) is 5.75 Å². The number of carbonyl (C=O) groups is 1. The Kier molecular flexibility index (Phi) is 4.19. The van der Waals surface area contributed by atoms with E-state index in [2.05, 4.69) is 27.5 Å². The summed E-state index contributed by atoms with van der Waals surface area (Å²) in [5.41, 5.74) is 0.618. The number of nitrogens with zero attached hydrogens (tertiary/aromatic N) is 1. The molecule has 3 rings (SSSR count). The Balaban J connectivity index is 1.79. The van der Waals surface area contributed by atoms with Crippen molar-refractivity contribution in [1.29, 1.82) is 0 Å². The van der Waals surface area contributed by atoms with Crippen LogP contribution in [-0.4, -0.2) is 28.5 Å². The molecule has 2 fully saturated rings. The average Bonchev–Trinajstić information content (AvgIpc) is 3.10. The molecule has 1 atom stereocenters. The number of carbonyl (C=O) groups excluding carboxylic acids is 1. The molecule has 1 aromatic carbocycles. The third-order valence-corrected chi connectivity index (χ3v) is 5.61. The molecule has 0 bridgehead atoms. The first-order valence-corrected chi connectivity index (χ1v) is 8.54. The van der Waals surface area contributed by atoms with Gasteiger partial charge in [0.05, 0.1) is 3.57 Å². The molecular weight excluding hydrogens is 365 g/mol.